The van der Waals surface area contributed by atoms with Gasteiger partial charge in [-0.15, -0.1) is 0 Å². The third-order valence-corrected chi connectivity index (χ3v) is 3.23. The maximum atomic E-state index is 11.2. The summed E-state index contributed by atoms with van der Waals surface area (Å²) in [6, 6.07) is 11.1. The molecule has 0 radical (unpaired) electrons. The Labute approximate surface area is 127 Å². The second-order valence-corrected chi connectivity index (χ2v) is 5.14. The van der Waals surface area contributed by atoms with Crippen LogP contribution in [0.4, 0.5) is 17.1 Å². The molecule has 2 N–H and O–H groups in total. The van der Waals surface area contributed by atoms with Crippen molar-refractivity contribution in [3.05, 3.63) is 61.7 Å². The maximum Gasteiger partial charge on any atom is 0.338 e. The quantitative estimate of drug-likeness (QED) is 0.477. The van der Waals surface area contributed by atoms with E-state index in [0.29, 0.717) is 5.69 Å². The molecule has 102 valence electrons. The Kier molecular flexibility index (Phi) is 4.18. The van der Waals surface area contributed by atoms with Crippen LogP contribution in [0.2, 0.25) is 0 Å². The highest BCUT2D eigenvalue weighted by Crippen LogP contribution is 2.31. The molecule has 0 fully saturated rings. The normalized spacial score (nSPS) is 10.1. The molecule has 0 saturated heterocycles. The van der Waals surface area contributed by atoms with Crippen molar-refractivity contribution in [2.75, 3.05) is 5.32 Å². The molecule has 0 aliphatic carbocycles. The van der Waals surface area contributed by atoms with E-state index in [2.05, 4.69) is 27.9 Å². The highest BCUT2D eigenvalue weighted by molar-refractivity contribution is 14.1. The number of benzene rings is 2. The summed E-state index contributed by atoms with van der Waals surface area (Å²) < 4.78 is 0.933. The van der Waals surface area contributed by atoms with Gasteiger partial charge in [0, 0.05) is 15.3 Å². The maximum absolute atomic E-state index is 11.2. The molecule has 0 aromatic heterocycles. The molecular weight excluding hydrogens is 375 g/mol. The smallest absolute Gasteiger partial charge is 0.338 e. The summed E-state index contributed by atoms with van der Waals surface area (Å²) in [6.45, 7) is 0. The summed E-state index contributed by atoms with van der Waals surface area (Å²) in [4.78, 5) is 21.6. The molecule has 0 aliphatic rings. The molecule has 0 bridgehead atoms. The fourth-order valence-electron chi connectivity index (χ4n) is 1.71. The van der Waals surface area contributed by atoms with Crippen LogP contribution in [-0.4, -0.2) is 16.0 Å². The van der Waals surface area contributed by atoms with Gasteiger partial charge in [-0.3, -0.25) is 10.1 Å². The Morgan fingerprint density at radius 1 is 1.25 bits per heavy atom. The van der Waals surface area contributed by atoms with Gasteiger partial charge in [0.05, 0.1) is 10.5 Å². The molecule has 0 spiro atoms. The monoisotopic (exact) mass is 384 g/mol. The zero-order chi connectivity index (χ0) is 14.7. The van der Waals surface area contributed by atoms with Crippen molar-refractivity contribution in [3.8, 4) is 0 Å². The largest absolute Gasteiger partial charge is 0.478 e. The first-order chi connectivity index (χ1) is 9.49. The number of para-hydroxylation sites is 1. The van der Waals surface area contributed by atoms with Gasteiger partial charge in [-0.1, -0.05) is 12.1 Å². The van der Waals surface area contributed by atoms with Crippen molar-refractivity contribution in [2.45, 2.75) is 0 Å². The van der Waals surface area contributed by atoms with Gasteiger partial charge < -0.3 is 10.4 Å². The lowest BCUT2D eigenvalue weighted by Gasteiger charge is -2.10. The van der Waals surface area contributed by atoms with Crippen LogP contribution >= 0.6 is 22.6 Å². The van der Waals surface area contributed by atoms with Gasteiger partial charge >= 0.3 is 5.97 Å². The Hall–Kier alpha value is -2.16. The van der Waals surface area contributed by atoms with Gasteiger partial charge in [0.2, 0.25) is 0 Å². The zero-order valence-electron chi connectivity index (χ0n) is 10.0. The van der Waals surface area contributed by atoms with E-state index in [4.69, 9.17) is 5.11 Å². The number of aromatic carboxylic acids is 1. The zero-order valence-corrected chi connectivity index (χ0v) is 12.2. The molecule has 0 unspecified atom stereocenters. The third kappa shape index (κ3) is 3.05. The van der Waals surface area contributed by atoms with Gasteiger partial charge in [-0.2, -0.15) is 0 Å². The number of rotatable bonds is 4. The van der Waals surface area contributed by atoms with E-state index in [1.807, 2.05) is 6.07 Å². The molecule has 0 amide bonds. The number of anilines is 2. The molecule has 2 aromatic carbocycles. The van der Waals surface area contributed by atoms with Crippen LogP contribution in [0.15, 0.2) is 42.5 Å². The summed E-state index contributed by atoms with van der Waals surface area (Å²) in [7, 11) is 0. The number of halogens is 1. The lowest BCUT2D eigenvalue weighted by atomic mass is 10.1. The number of carbonyl (C=O) groups is 1. The van der Waals surface area contributed by atoms with Gasteiger partial charge in [0.25, 0.3) is 5.69 Å². The standard InChI is InChI=1S/C13H9IN2O4/c14-8-3-1-4-9(7-8)15-12-10(13(17)18)5-2-6-11(12)16(19)20/h1-7,15H,(H,17,18). The van der Waals surface area contributed by atoms with Gasteiger partial charge in [-0.05, 0) is 46.9 Å². The fourth-order valence-corrected chi connectivity index (χ4v) is 2.26. The number of hydrogen-bond donors (Lipinski definition) is 2. The summed E-state index contributed by atoms with van der Waals surface area (Å²) in [5, 5.41) is 23.0. The summed E-state index contributed by atoms with van der Waals surface area (Å²) in [5.74, 6) is -1.22. The van der Waals surface area contributed by atoms with Crippen LogP contribution in [0.5, 0.6) is 0 Å². The topological polar surface area (TPSA) is 92.5 Å². The minimum atomic E-state index is -1.22. The van der Waals surface area contributed by atoms with Crippen LogP contribution in [0.25, 0.3) is 0 Å². The first kappa shape index (κ1) is 14.3. The lowest BCUT2D eigenvalue weighted by Crippen LogP contribution is -2.05. The first-order valence-corrected chi connectivity index (χ1v) is 6.60. The van der Waals surface area contributed by atoms with Crippen LogP contribution < -0.4 is 5.32 Å². The van der Waals surface area contributed by atoms with E-state index < -0.39 is 10.9 Å². The van der Waals surface area contributed by atoms with Gasteiger partial charge in [0.1, 0.15) is 5.69 Å². The minimum Gasteiger partial charge on any atom is -0.478 e. The summed E-state index contributed by atoms with van der Waals surface area (Å²) >= 11 is 2.10. The van der Waals surface area contributed by atoms with Crippen molar-refractivity contribution < 1.29 is 14.8 Å². The van der Waals surface area contributed by atoms with Crippen molar-refractivity contribution >= 4 is 45.6 Å². The van der Waals surface area contributed by atoms with E-state index in [-0.39, 0.29) is 16.9 Å². The predicted molar refractivity (Wildman–Crippen MR) is 82.5 cm³/mol. The van der Waals surface area contributed by atoms with Crippen molar-refractivity contribution in [1.29, 1.82) is 0 Å². The number of hydrogen-bond acceptors (Lipinski definition) is 4. The van der Waals surface area contributed by atoms with Crippen molar-refractivity contribution in [3.63, 3.8) is 0 Å². The van der Waals surface area contributed by atoms with Crippen LogP contribution in [0, 0.1) is 13.7 Å². The molecule has 2 rings (SSSR count). The number of nitro groups is 1. The number of nitrogens with one attached hydrogen (secondary N) is 1. The molecule has 2 aromatic rings. The minimum absolute atomic E-state index is 0.0213. The first-order valence-electron chi connectivity index (χ1n) is 5.52. The van der Waals surface area contributed by atoms with E-state index in [0.717, 1.165) is 3.57 Å². The Balaban J connectivity index is 2.53. The SMILES string of the molecule is O=C(O)c1cccc([N+](=O)[O-])c1Nc1cccc(I)c1. The van der Waals surface area contributed by atoms with Gasteiger partial charge in [-0.25, -0.2) is 4.79 Å². The molecule has 0 saturated carbocycles. The van der Waals surface area contributed by atoms with E-state index in [1.54, 1.807) is 18.2 Å². The van der Waals surface area contributed by atoms with Gasteiger partial charge in [0.15, 0.2) is 0 Å². The van der Waals surface area contributed by atoms with Crippen LogP contribution in [0.3, 0.4) is 0 Å². The number of carboxylic acid groups (broad SMARTS) is 1. The number of nitro benzene ring substituents is 1. The molecule has 6 nitrogen and oxygen atoms in total. The third-order valence-electron chi connectivity index (χ3n) is 2.56. The average Bonchev–Trinajstić information content (AvgIpc) is 2.38. The second-order valence-electron chi connectivity index (χ2n) is 3.90. The molecule has 7 heteroatoms. The van der Waals surface area contributed by atoms with Crippen LogP contribution in [-0.2, 0) is 0 Å². The summed E-state index contributed by atoms with van der Waals surface area (Å²) in [5.41, 5.74) is 0.155. The molecule has 0 heterocycles. The van der Waals surface area contributed by atoms with Crippen molar-refractivity contribution in [2.24, 2.45) is 0 Å². The highest BCUT2D eigenvalue weighted by atomic mass is 127. The Bertz CT molecular complexity index is 656. The lowest BCUT2D eigenvalue weighted by molar-refractivity contribution is -0.383. The van der Waals surface area contributed by atoms with Crippen LogP contribution in [0.1, 0.15) is 10.4 Å². The van der Waals surface area contributed by atoms with E-state index in [1.165, 1.54) is 18.2 Å². The Morgan fingerprint density at radius 3 is 2.55 bits per heavy atom. The Morgan fingerprint density at radius 2 is 1.95 bits per heavy atom. The molecule has 20 heavy (non-hydrogen) atoms. The highest BCUT2D eigenvalue weighted by Gasteiger charge is 2.21. The number of nitrogens with zero attached hydrogens (tertiary/aromatic N) is 1. The molecule has 0 atom stereocenters. The molecule has 0 aliphatic heterocycles. The van der Waals surface area contributed by atoms with Crippen molar-refractivity contribution in [1.82, 2.24) is 0 Å². The second kappa shape index (κ2) is 5.87. The fraction of sp³-hybridized carbons (Fsp3) is 0. The summed E-state index contributed by atoms with van der Waals surface area (Å²) in [6.07, 6.45) is 0. The number of carboxylic acids is 1. The van der Waals surface area contributed by atoms with E-state index in [9.17, 15) is 14.9 Å². The average molecular weight is 384 g/mol. The predicted octanol–water partition coefficient (Wildman–Crippen LogP) is 3.64. The molecular formula is C13H9IN2O4. The van der Waals surface area contributed by atoms with E-state index >= 15 is 0 Å².